The molecule has 0 aliphatic heterocycles. The number of anilines is 1. The summed E-state index contributed by atoms with van der Waals surface area (Å²) in [5.41, 5.74) is -1.45. The number of carbonyl (C=O) groups excluding carboxylic acids is 2. The molecule has 0 atom stereocenters. The summed E-state index contributed by atoms with van der Waals surface area (Å²) in [6, 6.07) is 10.3. The number of nitrogens with one attached hydrogen (secondary N) is 2. The lowest BCUT2D eigenvalue weighted by Gasteiger charge is -2.13. The van der Waals surface area contributed by atoms with E-state index in [1.807, 2.05) is 0 Å². The molecule has 28 heavy (non-hydrogen) atoms. The molecule has 0 aliphatic carbocycles. The highest BCUT2D eigenvalue weighted by molar-refractivity contribution is 7.90. The molecule has 2 aromatic carbocycles. The van der Waals surface area contributed by atoms with Crippen LogP contribution in [0.2, 0.25) is 0 Å². The Hall–Kier alpha value is -2.88. The number of amides is 2. The van der Waals surface area contributed by atoms with Crippen LogP contribution < -0.4 is 10.6 Å². The van der Waals surface area contributed by atoms with Crippen molar-refractivity contribution >= 4 is 27.3 Å². The fraction of sp³-hybridized carbons (Fsp3) is 0.222. The van der Waals surface area contributed by atoms with E-state index in [1.54, 1.807) is 18.2 Å². The number of alkyl halides is 3. The summed E-state index contributed by atoms with van der Waals surface area (Å²) in [4.78, 5) is 24.3. The van der Waals surface area contributed by atoms with E-state index >= 15 is 0 Å². The van der Waals surface area contributed by atoms with Crippen LogP contribution in [0, 0.1) is 0 Å². The van der Waals surface area contributed by atoms with E-state index in [0.29, 0.717) is 12.1 Å². The minimum absolute atomic E-state index is 0.211. The highest BCUT2D eigenvalue weighted by Gasteiger charge is 2.32. The largest absolute Gasteiger partial charge is 0.416 e. The lowest BCUT2D eigenvalue weighted by molar-refractivity contribution is -0.137. The number of hydrogen-bond acceptors (Lipinski definition) is 4. The Morgan fingerprint density at radius 3 is 2.18 bits per heavy atom. The maximum atomic E-state index is 13.2. The molecule has 2 amide bonds. The molecular weight excluding hydrogens is 397 g/mol. The Kier molecular flexibility index (Phi) is 6.45. The zero-order chi connectivity index (χ0) is 20.9. The van der Waals surface area contributed by atoms with E-state index in [1.165, 1.54) is 12.1 Å². The number of benzene rings is 2. The molecule has 150 valence electrons. The van der Waals surface area contributed by atoms with Crippen molar-refractivity contribution in [3.63, 3.8) is 0 Å². The molecule has 0 radical (unpaired) electrons. The first-order valence-corrected chi connectivity index (χ1v) is 10.1. The van der Waals surface area contributed by atoms with Gasteiger partial charge < -0.3 is 10.6 Å². The standard InChI is InChI=1S/C18H17F3N2O4S/c1-28(26,27)8-7-22-16(24)13-9-14(18(19,20)21)11-15(10-13)23-17(25)12-5-3-2-4-6-12/h2-6,9-11H,7-8H2,1H3,(H,22,24)(H,23,25). The van der Waals surface area contributed by atoms with Crippen LogP contribution in [0.4, 0.5) is 18.9 Å². The molecule has 0 aliphatic rings. The van der Waals surface area contributed by atoms with Gasteiger partial charge in [0.1, 0.15) is 9.84 Å². The van der Waals surface area contributed by atoms with E-state index in [2.05, 4.69) is 10.6 Å². The molecule has 0 heterocycles. The van der Waals surface area contributed by atoms with Crippen LogP contribution in [0.15, 0.2) is 48.5 Å². The summed E-state index contributed by atoms with van der Waals surface area (Å²) in [6.45, 7) is -0.250. The second kappa shape index (κ2) is 8.42. The van der Waals surface area contributed by atoms with E-state index in [-0.39, 0.29) is 29.1 Å². The zero-order valence-electron chi connectivity index (χ0n) is 14.7. The lowest BCUT2D eigenvalue weighted by Crippen LogP contribution is -2.29. The molecule has 0 spiro atoms. The van der Waals surface area contributed by atoms with Crippen molar-refractivity contribution in [3.05, 3.63) is 65.2 Å². The zero-order valence-corrected chi connectivity index (χ0v) is 15.5. The van der Waals surface area contributed by atoms with Crippen LogP contribution in [-0.2, 0) is 16.0 Å². The van der Waals surface area contributed by atoms with Gasteiger partial charge in [-0.15, -0.1) is 0 Å². The Morgan fingerprint density at radius 1 is 0.964 bits per heavy atom. The Balaban J connectivity index is 2.27. The number of carbonyl (C=O) groups is 2. The summed E-state index contributed by atoms with van der Waals surface area (Å²) in [7, 11) is -3.34. The summed E-state index contributed by atoms with van der Waals surface area (Å²) in [5.74, 6) is -1.87. The first-order valence-electron chi connectivity index (χ1n) is 8.00. The van der Waals surface area contributed by atoms with Crippen molar-refractivity contribution in [3.8, 4) is 0 Å². The van der Waals surface area contributed by atoms with Gasteiger partial charge in [0.05, 0.1) is 11.3 Å². The van der Waals surface area contributed by atoms with Crippen molar-refractivity contribution in [2.75, 3.05) is 23.9 Å². The normalized spacial score (nSPS) is 11.7. The third kappa shape index (κ3) is 6.38. The summed E-state index contributed by atoms with van der Waals surface area (Å²) >= 11 is 0. The quantitative estimate of drug-likeness (QED) is 0.760. The molecule has 0 saturated heterocycles. The molecule has 6 nitrogen and oxygen atoms in total. The van der Waals surface area contributed by atoms with Gasteiger partial charge in [-0.05, 0) is 30.3 Å². The highest BCUT2D eigenvalue weighted by atomic mass is 32.2. The van der Waals surface area contributed by atoms with Crippen LogP contribution in [0.3, 0.4) is 0 Å². The van der Waals surface area contributed by atoms with Gasteiger partial charge in [0.2, 0.25) is 0 Å². The Bertz CT molecular complexity index is 974. The van der Waals surface area contributed by atoms with Crippen molar-refractivity contribution in [2.45, 2.75) is 6.18 Å². The van der Waals surface area contributed by atoms with E-state index in [9.17, 15) is 31.2 Å². The third-order valence-electron chi connectivity index (χ3n) is 3.57. The van der Waals surface area contributed by atoms with Crippen LogP contribution in [0.5, 0.6) is 0 Å². The first-order chi connectivity index (χ1) is 13.0. The first kappa shape index (κ1) is 21.4. The topological polar surface area (TPSA) is 92.3 Å². The fourth-order valence-corrected chi connectivity index (χ4v) is 2.71. The SMILES string of the molecule is CS(=O)(=O)CCNC(=O)c1cc(NC(=O)c2ccccc2)cc(C(F)(F)F)c1. The summed E-state index contributed by atoms with van der Waals surface area (Å²) < 4.78 is 61.7. The van der Waals surface area contributed by atoms with Gasteiger partial charge in [-0.1, -0.05) is 18.2 Å². The number of rotatable bonds is 6. The van der Waals surface area contributed by atoms with Crippen LogP contribution in [0.1, 0.15) is 26.3 Å². The Morgan fingerprint density at radius 2 is 1.61 bits per heavy atom. The lowest BCUT2D eigenvalue weighted by atomic mass is 10.1. The number of sulfone groups is 1. The average Bonchev–Trinajstić information content (AvgIpc) is 2.60. The molecule has 0 bridgehead atoms. The molecule has 0 fully saturated rings. The Labute approximate surface area is 159 Å². The van der Waals surface area contributed by atoms with Gasteiger partial charge in [0.25, 0.3) is 11.8 Å². The number of halogens is 3. The van der Waals surface area contributed by atoms with Gasteiger partial charge in [0, 0.05) is 29.6 Å². The third-order valence-corrected chi connectivity index (χ3v) is 4.52. The van der Waals surface area contributed by atoms with Gasteiger partial charge in [-0.25, -0.2) is 8.42 Å². The molecule has 2 aromatic rings. The molecule has 10 heteroatoms. The number of hydrogen-bond donors (Lipinski definition) is 2. The second-order valence-corrected chi connectivity index (χ2v) is 8.26. The van der Waals surface area contributed by atoms with E-state index in [4.69, 9.17) is 0 Å². The van der Waals surface area contributed by atoms with Crippen LogP contribution in [-0.4, -0.2) is 38.8 Å². The van der Waals surface area contributed by atoms with Crippen molar-refractivity contribution in [1.82, 2.24) is 5.32 Å². The van der Waals surface area contributed by atoms with Crippen LogP contribution in [0.25, 0.3) is 0 Å². The maximum Gasteiger partial charge on any atom is 0.416 e. The van der Waals surface area contributed by atoms with Gasteiger partial charge in [-0.3, -0.25) is 9.59 Å². The van der Waals surface area contributed by atoms with Gasteiger partial charge in [-0.2, -0.15) is 13.2 Å². The van der Waals surface area contributed by atoms with Crippen molar-refractivity contribution < 1.29 is 31.2 Å². The van der Waals surface area contributed by atoms with Crippen molar-refractivity contribution in [1.29, 1.82) is 0 Å². The molecule has 0 unspecified atom stereocenters. The van der Waals surface area contributed by atoms with Gasteiger partial charge >= 0.3 is 6.18 Å². The molecule has 2 rings (SSSR count). The van der Waals surface area contributed by atoms with E-state index < -0.39 is 33.4 Å². The summed E-state index contributed by atoms with van der Waals surface area (Å²) in [6.07, 6.45) is -3.77. The van der Waals surface area contributed by atoms with E-state index in [0.717, 1.165) is 12.3 Å². The predicted molar refractivity (Wildman–Crippen MR) is 97.9 cm³/mol. The predicted octanol–water partition coefficient (Wildman–Crippen LogP) is 2.73. The minimum atomic E-state index is -4.74. The van der Waals surface area contributed by atoms with Crippen LogP contribution >= 0.6 is 0 Å². The molecule has 0 aromatic heterocycles. The summed E-state index contributed by atoms with van der Waals surface area (Å²) in [5, 5.41) is 4.58. The van der Waals surface area contributed by atoms with Gasteiger partial charge in [0.15, 0.2) is 0 Å². The average molecular weight is 414 g/mol. The fourth-order valence-electron chi connectivity index (χ4n) is 2.24. The second-order valence-electron chi connectivity index (χ2n) is 6.00. The highest BCUT2D eigenvalue weighted by Crippen LogP contribution is 2.32. The van der Waals surface area contributed by atoms with Crippen molar-refractivity contribution in [2.24, 2.45) is 0 Å². The molecular formula is C18H17F3N2O4S. The smallest absolute Gasteiger partial charge is 0.351 e. The maximum absolute atomic E-state index is 13.2. The molecule has 0 saturated carbocycles. The monoisotopic (exact) mass is 414 g/mol. The minimum Gasteiger partial charge on any atom is -0.351 e. The molecule has 2 N–H and O–H groups in total.